The lowest BCUT2D eigenvalue weighted by molar-refractivity contribution is -0.118. The van der Waals surface area contributed by atoms with Crippen molar-refractivity contribution in [2.24, 2.45) is 0 Å². The van der Waals surface area contributed by atoms with Gasteiger partial charge in [-0.2, -0.15) is 0 Å². The molecule has 1 aromatic heterocycles. The molecule has 0 aliphatic carbocycles. The number of carbonyl (C=O) groups is 1. The molecule has 0 atom stereocenters. The Morgan fingerprint density at radius 1 is 1.28 bits per heavy atom. The van der Waals surface area contributed by atoms with Crippen molar-refractivity contribution in [2.45, 2.75) is 31.6 Å². The van der Waals surface area contributed by atoms with Gasteiger partial charge in [0.05, 0.1) is 15.1 Å². The van der Waals surface area contributed by atoms with Crippen LogP contribution in [-0.2, 0) is 14.6 Å². The van der Waals surface area contributed by atoms with Gasteiger partial charge in [-0.1, -0.05) is 36.8 Å². The molecule has 0 unspecified atom stereocenters. The summed E-state index contributed by atoms with van der Waals surface area (Å²) in [5.41, 5.74) is 2.43. The van der Waals surface area contributed by atoms with Crippen molar-refractivity contribution >= 4 is 54.0 Å². The Hall–Kier alpha value is -2.16. The number of halogens is 1. The minimum absolute atomic E-state index is 0.175. The number of hydrogen-bond donors (Lipinski definition) is 1. The maximum absolute atomic E-state index is 12.3. The fourth-order valence-electron chi connectivity index (χ4n) is 2.73. The number of aromatic nitrogens is 1. The summed E-state index contributed by atoms with van der Waals surface area (Å²) in [7, 11) is -3.30. The normalized spacial score (nSPS) is 11.8. The third-order valence-corrected chi connectivity index (χ3v) is 6.76. The van der Waals surface area contributed by atoms with Crippen molar-refractivity contribution < 1.29 is 17.9 Å². The number of nitrogens with zero attached hydrogens (tertiary/aromatic N) is 1. The fourth-order valence-corrected chi connectivity index (χ4v) is 4.55. The quantitative estimate of drug-likeness (QED) is 0.580. The first kappa shape index (κ1) is 21.5. The monoisotopic (exact) mass is 452 g/mol. The van der Waals surface area contributed by atoms with Gasteiger partial charge in [-0.3, -0.25) is 10.1 Å². The van der Waals surface area contributed by atoms with Crippen LogP contribution in [0, 0.1) is 6.92 Å². The molecule has 29 heavy (non-hydrogen) atoms. The molecule has 0 bridgehead atoms. The molecular weight excluding hydrogens is 432 g/mol. The number of sulfone groups is 1. The van der Waals surface area contributed by atoms with Crippen LogP contribution in [0.1, 0.15) is 30.9 Å². The molecule has 6 nitrogen and oxygen atoms in total. The van der Waals surface area contributed by atoms with E-state index in [-0.39, 0.29) is 23.3 Å². The number of hydrogen-bond acceptors (Lipinski definition) is 6. The number of rotatable bonds is 6. The molecule has 0 aliphatic rings. The van der Waals surface area contributed by atoms with Crippen LogP contribution in [0.5, 0.6) is 5.75 Å². The van der Waals surface area contributed by atoms with Crippen molar-refractivity contribution in [1.82, 2.24) is 4.98 Å². The molecule has 0 spiro atoms. The standard InChI is InChI=1S/C20H21ClN2O4S2/c1-11(2)14-9-15(21)12(3)7-17(14)27-10-19(24)23-20-22-16-6-5-13(29(4,25)26)8-18(16)28-20/h5-9,11H,10H2,1-4H3,(H,22,23,24). The number of ether oxygens (including phenoxy) is 1. The highest BCUT2D eigenvalue weighted by Gasteiger charge is 2.15. The lowest BCUT2D eigenvalue weighted by atomic mass is 10.0. The first-order valence-electron chi connectivity index (χ1n) is 8.88. The van der Waals surface area contributed by atoms with Gasteiger partial charge in [0, 0.05) is 11.3 Å². The highest BCUT2D eigenvalue weighted by atomic mass is 35.5. The summed E-state index contributed by atoms with van der Waals surface area (Å²) in [6.07, 6.45) is 1.15. The minimum atomic E-state index is -3.30. The van der Waals surface area contributed by atoms with Crippen LogP contribution in [0.4, 0.5) is 5.13 Å². The van der Waals surface area contributed by atoms with Crippen molar-refractivity contribution in [2.75, 3.05) is 18.2 Å². The van der Waals surface area contributed by atoms with E-state index in [0.29, 0.717) is 26.1 Å². The van der Waals surface area contributed by atoms with E-state index in [1.165, 1.54) is 17.4 Å². The summed E-state index contributed by atoms with van der Waals surface area (Å²) in [6.45, 7) is 5.76. The highest BCUT2D eigenvalue weighted by molar-refractivity contribution is 7.90. The first-order valence-corrected chi connectivity index (χ1v) is 12.0. The predicted octanol–water partition coefficient (Wildman–Crippen LogP) is 4.80. The Morgan fingerprint density at radius 3 is 2.66 bits per heavy atom. The molecule has 1 N–H and O–H groups in total. The molecule has 2 aromatic carbocycles. The van der Waals surface area contributed by atoms with Crippen LogP contribution < -0.4 is 10.1 Å². The molecule has 0 aliphatic heterocycles. The van der Waals surface area contributed by atoms with E-state index < -0.39 is 9.84 Å². The van der Waals surface area contributed by atoms with Crippen LogP contribution in [-0.4, -0.2) is 32.2 Å². The van der Waals surface area contributed by atoms with Gasteiger partial charge in [-0.25, -0.2) is 13.4 Å². The van der Waals surface area contributed by atoms with Gasteiger partial charge in [-0.05, 0) is 54.3 Å². The second-order valence-electron chi connectivity index (χ2n) is 7.05. The van der Waals surface area contributed by atoms with Gasteiger partial charge in [0.1, 0.15) is 5.75 Å². The van der Waals surface area contributed by atoms with Gasteiger partial charge >= 0.3 is 0 Å². The second kappa shape index (κ2) is 8.30. The van der Waals surface area contributed by atoms with Crippen molar-refractivity contribution in [3.63, 3.8) is 0 Å². The number of nitrogens with one attached hydrogen (secondary N) is 1. The summed E-state index contributed by atoms with van der Waals surface area (Å²) >= 11 is 7.41. The Balaban J connectivity index is 1.72. The molecule has 0 saturated carbocycles. The van der Waals surface area contributed by atoms with Crippen molar-refractivity contribution in [3.8, 4) is 5.75 Å². The Labute approximate surface area is 178 Å². The van der Waals surface area contributed by atoms with Crippen molar-refractivity contribution in [1.29, 1.82) is 0 Å². The van der Waals surface area contributed by atoms with E-state index in [0.717, 1.165) is 17.4 Å². The number of fused-ring (bicyclic) bond motifs is 1. The number of aryl methyl sites for hydroxylation is 1. The smallest absolute Gasteiger partial charge is 0.264 e. The highest BCUT2D eigenvalue weighted by Crippen LogP contribution is 2.32. The lowest BCUT2D eigenvalue weighted by Gasteiger charge is -2.15. The summed E-state index contributed by atoms with van der Waals surface area (Å²) in [6, 6.07) is 8.37. The number of thiazole rings is 1. The molecule has 0 fully saturated rings. The average molecular weight is 453 g/mol. The molecule has 1 heterocycles. The van der Waals surface area contributed by atoms with Crippen LogP contribution in [0.25, 0.3) is 10.2 Å². The third kappa shape index (κ3) is 5.07. The fraction of sp³-hybridized carbons (Fsp3) is 0.300. The first-order chi connectivity index (χ1) is 13.5. The maximum atomic E-state index is 12.3. The summed E-state index contributed by atoms with van der Waals surface area (Å²) in [5.74, 6) is 0.466. The number of carbonyl (C=O) groups excluding carboxylic acids is 1. The van der Waals surface area contributed by atoms with Gasteiger partial charge in [0.15, 0.2) is 21.6 Å². The van der Waals surface area contributed by atoms with Gasteiger partial charge in [0.2, 0.25) is 0 Å². The molecule has 0 saturated heterocycles. The molecule has 3 aromatic rings. The lowest BCUT2D eigenvalue weighted by Crippen LogP contribution is -2.20. The van der Waals surface area contributed by atoms with E-state index in [1.54, 1.807) is 12.1 Å². The second-order valence-corrected chi connectivity index (χ2v) is 10.5. The zero-order valence-electron chi connectivity index (χ0n) is 16.4. The number of amides is 1. The van der Waals surface area contributed by atoms with Crippen LogP contribution in [0.2, 0.25) is 5.02 Å². The minimum Gasteiger partial charge on any atom is -0.483 e. The molecule has 1 amide bonds. The largest absolute Gasteiger partial charge is 0.483 e. The molecule has 0 radical (unpaired) electrons. The molecule has 3 rings (SSSR count). The van der Waals surface area contributed by atoms with Gasteiger partial charge in [-0.15, -0.1) is 0 Å². The van der Waals surface area contributed by atoms with Crippen LogP contribution >= 0.6 is 22.9 Å². The Bertz CT molecular complexity index is 1190. The van der Waals surface area contributed by atoms with Crippen molar-refractivity contribution in [3.05, 3.63) is 46.5 Å². The Kier molecular flexibility index (Phi) is 6.16. The SMILES string of the molecule is Cc1cc(OCC(=O)Nc2nc3ccc(S(C)(=O)=O)cc3s2)c(C(C)C)cc1Cl. The summed E-state index contributed by atoms with van der Waals surface area (Å²) in [4.78, 5) is 16.9. The molecular formula is C20H21ClN2O4S2. The Morgan fingerprint density at radius 2 is 2.00 bits per heavy atom. The predicted molar refractivity (Wildman–Crippen MR) is 117 cm³/mol. The van der Waals surface area contributed by atoms with Crippen LogP contribution in [0.15, 0.2) is 35.2 Å². The molecule has 9 heteroatoms. The third-order valence-electron chi connectivity index (χ3n) is 4.31. The van der Waals surface area contributed by atoms with E-state index in [2.05, 4.69) is 10.3 Å². The average Bonchev–Trinajstić information content (AvgIpc) is 3.02. The number of benzene rings is 2. The topological polar surface area (TPSA) is 85.4 Å². The van der Waals surface area contributed by atoms with E-state index in [1.807, 2.05) is 32.9 Å². The summed E-state index contributed by atoms with van der Waals surface area (Å²) < 4.78 is 29.8. The van der Waals surface area contributed by atoms with Gasteiger partial charge < -0.3 is 4.74 Å². The summed E-state index contributed by atoms with van der Waals surface area (Å²) in [5, 5.41) is 3.75. The zero-order chi connectivity index (χ0) is 21.3. The van der Waals surface area contributed by atoms with E-state index in [4.69, 9.17) is 16.3 Å². The maximum Gasteiger partial charge on any atom is 0.264 e. The van der Waals surface area contributed by atoms with Gasteiger partial charge in [0.25, 0.3) is 5.91 Å². The zero-order valence-corrected chi connectivity index (χ0v) is 18.8. The molecule has 154 valence electrons. The van der Waals surface area contributed by atoms with E-state index in [9.17, 15) is 13.2 Å². The van der Waals surface area contributed by atoms with Crippen LogP contribution in [0.3, 0.4) is 0 Å². The van der Waals surface area contributed by atoms with E-state index >= 15 is 0 Å². The number of anilines is 1.